The Kier molecular flexibility index (Phi) is 7.84. The lowest BCUT2D eigenvalue weighted by atomic mass is 9.81. The van der Waals surface area contributed by atoms with Gasteiger partial charge in [-0.2, -0.15) is 0 Å². The molecule has 8 heteroatoms. The van der Waals surface area contributed by atoms with Gasteiger partial charge in [-0.05, 0) is 26.7 Å². The minimum atomic E-state index is -0.809. The van der Waals surface area contributed by atoms with Gasteiger partial charge in [0.25, 0.3) is 0 Å². The second kappa shape index (κ2) is 9.33. The maximum absolute atomic E-state index is 11.1. The van der Waals surface area contributed by atoms with Crippen LogP contribution in [0.1, 0.15) is 82.1 Å². The van der Waals surface area contributed by atoms with E-state index in [4.69, 9.17) is 28.4 Å². The summed E-state index contributed by atoms with van der Waals surface area (Å²) in [6.07, 6.45) is 0.442. The number of esters is 2. The molecule has 0 radical (unpaired) electrons. The van der Waals surface area contributed by atoms with Crippen LogP contribution in [-0.4, -0.2) is 54.7 Å². The maximum Gasteiger partial charge on any atom is 0.305 e. The molecule has 0 spiro atoms. The monoisotopic (exact) mass is 444 g/mol. The Morgan fingerprint density at radius 2 is 1.29 bits per heavy atom. The summed E-state index contributed by atoms with van der Waals surface area (Å²) in [4.78, 5) is 22.1. The molecule has 3 fully saturated rings. The summed E-state index contributed by atoms with van der Waals surface area (Å²) in [5.74, 6) is -1.34. The first-order valence-corrected chi connectivity index (χ1v) is 11.2. The van der Waals surface area contributed by atoms with E-state index in [1.165, 1.54) is 13.8 Å². The fourth-order valence-electron chi connectivity index (χ4n) is 4.68. The predicted octanol–water partition coefficient (Wildman–Crippen LogP) is 3.94. The Balaban J connectivity index is 0.000000224. The molecule has 0 aliphatic carbocycles. The minimum Gasteiger partial charge on any atom is -0.455 e. The van der Waals surface area contributed by atoms with Crippen molar-refractivity contribution in [3.8, 4) is 0 Å². The SMILES string of the molecule is CC[C@H]1OC(OC(C)=O)[C@H](OC(C)=O)C1(C)C.CC[C@H]1O[C@@H]2OC(C)(C)O[C@@H]2C1(C)C. The normalized spacial score (nSPS) is 36.8. The number of hydrogen-bond acceptors (Lipinski definition) is 8. The zero-order valence-corrected chi connectivity index (χ0v) is 20.6. The lowest BCUT2D eigenvalue weighted by molar-refractivity contribution is -0.216. The Morgan fingerprint density at radius 3 is 1.74 bits per heavy atom. The van der Waals surface area contributed by atoms with Gasteiger partial charge in [0.05, 0.1) is 12.2 Å². The van der Waals surface area contributed by atoms with Crippen LogP contribution < -0.4 is 0 Å². The molecule has 0 amide bonds. The highest BCUT2D eigenvalue weighted by Crippen LogP contribution is 2.48. The number of hydrogen-bond donors (Lipinski definition) is 0. The quantitative estimate of drug-likeness (QED) is 0.603. The van der Waals surface area contributed by atoms with Crippen LogP contribution in [0.5, 0.6) is 0 Å². The average Bonchev–Trinajstić information content (AvgIpc) is 3.14. The highest BCUT2D eigenvalue weighted by atomic mass is 16.8. The fourth-order valence-corrected chi connectivity index (χ4v) is 4.68. The zero-order valence-electron chi connectivity index (χ0n) is 20.6. The molecule has 8 nitrogen and oxygen atoms in total. The van der Waals surface area contributed by atoms with Crippen molar-refractivity contribution in [3.63, 3.8) is 0 Å². The molecular weight excluding hydrogens is 404 g/mol. The second-order valence-electron chi connectivity index (χ2n) is 10.1. The molecule has 3 heterocycles. The van der Waals surface area contributed by atoms with E-state index < -0.39 is 30.1 Å². The molecule has 3 rings (SSSR count). The van der Waals surface area contributed by atoms with Crippen molar-refractivity contribution in [2.24, 2.45) is 10.8 Å². The van der Waals surface area contributed by atoms with Crippen molar-refractivity contribution in [2.75, 3.05) is 0 Å². The Bertz CT molecular complexity index is 656. The average molecular weight is 445 g/mol. The first-order valence-electron chi connectivity index (χ1n) is 11.2. The van der Waals surface area contributed by atoms with Crippen LogP contribution in [0.25, 0.3) is 0 Å². The van der Waals surface area contributed by atoms with E-state index in [0.29, 0.717) is 0 Å². The van der Waals surface area contributed by atoms with Crippen molar-refractivity contribution in [3.05, 3.63) is 0 Å². The zero-order chi connectivity index (χ0) is 23.8. The van der Waals surface area contributed by atoms with E-state index in [9.17, 15) is 9.59 Å². The Labute approximate surface area is 186 Å². The van der Waals surface area contributed by atoms with Gasteiger partial charge in [0, 0.05) is 24.7 Å². The molecule has 1 unspecified atom stereocenters. The Hall–Kier alpha value is -1.22. The summed E-state index contributed by atoms with van der Waals surface area (Å²) in [5.41, 5.74) is -0.326. The summed E-state index contributed by atoms with van der Waals surface area (Å²) in [5, 5.41) is 0. The number of fused-ring (bicyclic) bond motifs is 1. The van der Waals surface area contributed by atoms with Crippen molar-refractivity contribution < 1.29 is 38.0 Å². The van der Waals surface area contributed by atoms with E-state index in [-0.39, 0.29) is 35.4 Å². The third-order valence-corrected chi connectivity index (χ3v) is 6.34. The highest BCUT2D eigenvalue weighted by molar-refractivity contribution is 5.67. The van der Waals surface area contributed by atoms with Crippen LogP contribution >= 0.6 is 0 Å². The van der Waals surface area contributed by atoms with Gasteiger partial charge in [0.1, 0.15) is 6.10 Å². The van der Waals surface area contributed by atoms with Crippen LogP contribution in [0.4, 0.5) is 0 Å². The summed E-state index contributed by atoms with van der Waals surface area (Å²) in [6.45, 7) is 18.9. The molecule has 180 valence electrons. The summed E-state index contributed by atoms with van der Waals surface area (Å²) < 4.78 is 33.3. The fraction of sp³-hybridized carbons (Fsp3) is 0.913. The highest BCUT2D eigenvalue weighted by Gasteiger charge is 2.58. The Morgan fingerprint density at radius 1 is 0.774 bits per heavy atom. The van der Waals surface area contributed by atoms with E-state index in [0.717, 1.165) is 12.8 Å². The number of ether oxygens (including phenoxy) is 6. The van der Waals surface area contributed by atoms with Gasteiger partial charge in [-0.1, -0.05) is 41.5 Å². The van der Waals surface area contributed by atoms with E-state index in [2.05, 4.69) is 20.8 Å². The topological polar surface area (TPSA) is 89.5 Å². The van der Waals surface area contributed by atoms with Crippen molar-refractivity contribution in [1.29, 1.82) is 0 Å². The van der Waals surface area contributed by atoms with E-state index >= 15 is 0 Å². The predicted molar refractivity (Wildman–Crippen MR) is 113 cm³/mol. The van der Waals surface area contributed by atoms with Crippen LogP contribution in [-0.2, 0) is 38.0 Å². The lowest BCUT2D eigenvalue weighted by Gasteiger charge is -2.30. The molecule has 3 aliphatic heterocycles. The van der Waals surface area contributed by atoms with Crippen LogP contribution in [0.15, 0.2) is 0 Å². The van der Waals surface area contributed by atoms with Gasteiger partial charge >= 0.3 is 11.9 Å². The molecular formula is C23H40O8. The molecule has 0 aromatic heterocycles. The molecule has 0 N–H and O–H groups in total. The number of rotatable bonds is 4. The van der Waals surface area contributed by atoms with Crippen LogP contribution in [0, 0.1) is 10.8 Å². The third kappa shape index (κ3) is 5.59. The second-order valence-corrected chi connectivity index (χ2v) is 10.1. The smallest absolute Gasteiger partial charge is 0.305 e. The molecule has 0 bridgehead atoms. The van der Waals surface area contributed by atoms with Gasteiger partial charge in [-0.25, -0.2) is 0 Å². The van der Waals surface area contributed by atoms with Gasteiger partial charge in [0.15, 0.2) is 18.2 Å². The standard InChI is InChI=1S/C12H20O5.C11H20O3/c1-6-9-12(4,5)10(15-7(2)13)11(17-9)16-8(3)14;1-6-7-10(2,3)8-9(12-7)14-11(4,5)13-8/h9-11H,6H2,1-5H3;7-9H,6H2,1-5H3/t9-,10+,11?;7-,8+,9-/m11/s1. The van der Waals surface area contributed by atoms with Crippen LogP contribution in [0.3, 0.4) is 0 Å². The molecule has 31 heavy (non-hydrogen) atoms. The first-order chi connectivity index (χ1) is 14.2. The van der Waals surface area contributed by atoms with Crippen molar-refractivity contribution in [1.82, 2.24) is 0 Å². The summed E-state index contributed by atoms with van der Waals surface area (Å²) in [7, 11) is 0. The summed E-state index contributed by atoms with van der Waals surface area (Å²) >= 11 is 0. The van der Waals surface area contributed by atoms with Gasteiger partial charge in [-0.15, -0.1) is 0 Å². The molecule has 0 aromatic carbocycles. The van der Waals surface area contributed by atoms with Crippen molar-refractivity contribution >= 4 is 11.9 Å². The molecule has 0 saturated carbocycles. The van der Waals surface area contributed by atoms with Crippen LogP contribution in [0.2, 0.25) is 0 Å². The largest absolute Gasteiger partial charge is 0.455 e. The minimum absolute atomic E-state index is 0.0488. The van der Waals surface area contributed by atoms with Crippen molar-refractivity contribution in [2.45, 2.75) is 125 Å². The summed E-state index contributed by atoms with van der Waals surface area (Å²) in [6, 6.07) is 0. The molecule has 3 aliphatic rings. The molecule has 3 saturated heterocycles. The van der Waals surface area contributed by atoms with E-state index in [1.54, 1.807) is 0 Å². The number of carbonyl (C=O) groups excluding carboxylic acids is 2. The maximum atomic E-state index is 11.1. The van der Waals surface area contributed by atoms with Gasteiger partial charge in [0.2, 0.25) is 6.29 Å². The molecule has 0 aromatic rings. The first kappa shape index (κ1) is 26.0. The lowest BCUT2D eigenvalue weighted by Crippen LogP contribution is -2.40. The number of carbonyl (C=O) groups is 2. The van der Waals surface area contributed by atoms with E-state index in [1.807, 2.05) is 34.6 Å². The van der Waals surface area contributed by atoms with Gasteiger partial charge in [-0.3, -0.25) is 9.59 Å². The third-order valence-electron chi connectivity index (χ3n) is 6.34. The van der Waals surface area contributed by atoms with Gasteiger partial charge < -0.3 is 28.4 Å². The molecule has 6 atom stereocenters.